The molecule has 92 valence electrons. The molecule has 1 aliphatic rings. The van der Waals surface area contributed by atoms with Crippen LogP contribution in [0, 0.1) is 0 Å². The zero-order chi connectivity index (χ0) is 12.7. The van der Waals surface area contributed by atoms with E-state index >= 15 is 0 Å². The third kappa shape index (κ3) is 1.64. The maximum absolute atomic E-state index is 11.7. The van der Waals surface area contributed by atoms with Gasteiger partial charge in [0.2, 0.25) is 0 Å². The first-order valence-corrected chi connectivity index (χ1v) is 5.82. The summed E-state index contributed by atoms with van der Waals surface area (Å²) < 4.78 is 1.42. The van der Waals surface area contributed by atoms with Crippen LogP contribution in [0.3, 0.4) is 0 Å². The Kier molecular flexibility index (Phi) is 2.33. The number of nitrogens with zero attached hydrogens (tertiary/aromatic N) is 1. The number of fused-ring (bicyclic) bond motifs is 1. The van der Waals surface area contributed by atoms with Gasteiger partial charge in [0.05, 0.1) is 0 Å². The Morgan fingerprint density at radius 2 is 2.11 bits per heavy atom. The second kappa shape index (κ2) is 3.87. The van der Waals surface area contributed by atoms with Gasteiger partial charge in [0.25, 0.3) is 5.56 Å². The Labute approximate surface area is 103 Å². The van der Waals surface area contributed by atoms with E-state index in [0.29, 0.717) is 12.5 Å². The summed E-state index contributed by atoms with van der Waals surface area (Å²) in [5.74, 6) is 0.514. The predicted octanol–water partition coefficient (Wildman–Crippen LogP) is 0.459. The highest BCUT2D eigenvalue weighted by Crippen LogP contribution is 2.35. The monoisotopic (exact) mass is 243 g/mol. The first-order valence-electron chi connectivity index (χ1n) is 5.82. The van der Waals surface area contributed by atoms with Crippen molar-refractivity contribution in [2.45, 2.75) is 18.9 Å². The van der Waals surface area contributed by atoms with E-state index in [1.807, 2.05) is 12.1 Å². The molecule has 0 saturated carbocycles. The largest absolute Gasteiger partial charge is 0.385 e. The molecule has 1 unspecified atom stereocenters. The van der Waals surface area contributed by atoms with Crippen LogP contribution in [-0.4, -0.2) is 9.55 Å². The maximum Gasteiger partial charge on any atom is 0.329 e. The fourth-order valence-corrected chi connectivity index (χ4v) is 2.47. The van der Waals surface area contributed by atoms with Crippen molar-refractivity contribution in [3.63, 3.8) is 0 Å². The van der Waals surface area contributed by atoms with Gasteiger partial charge in [-0.2, -0.15) is 0 Å². The number of nitrogen functional groups attached to an aromatic ring is 1. The SMILES string of the molecule is Nc1cc(=O)[nH]c(=O)n1CC1Cc2ccccc21. The molecule has 1 heterocycles. The Bertz CT molecular complexity index is 715. The quantitative estimate of drug-likeness (QED) is 0.804. The summed E-state index contributed by atoms with van der Waals surface area (Å²) in [6.07, 6.45) is 0.946. The van der Waals surface area contributed by atoms with Gasteiger partial charge in [0, 0.05) is 18.5 Å². The third-order valence-corrected chi connectivity index (χ3v) is 3.43. The highest BCUT2D eigenvalue weighted by molar-refractivity contribution is 5.40. The fraction of sp³-hybridized carbons (Fsp3) is 0.231. The van der Waals surface area contributed by atoms with Crippen molar-refractivity contribution in [1.29, 1.82) is 0 Å². The van der Waals surface area contributed by atoms with Crippen molar-refractivity contribution in [1.82, 2.24) is 9.55 Å². The normalized spacial score (nSPS) is 17.0. The van der Waals surface area contributed by atoms with Crippen molar-refractivity contribution in [3.05, 3.63) is 62.3 Å². The Balaban J connectivity index is 1.93. The van der Waals surface area contributed by atoms with Gasteiger partial charge >= 0.3 is 5.69 Å². The molecule has 0 aliphatic heterocycles. The molecule has 0 fully saturated rings. The van der Waals surface area contributed by atoms with Crippen LogP contribution in [0.25, 0.3) is 0 Å². The lowest BCUT2D eigenvalue weighted by Gasteiger charge is -2.30. The van der Waals surface area contributed by atoms with Crippen LogP contribution in [0.15, 0.2) is 39.9 Å². The summed E-state index contributed by atoms with van der Waals surface area (Å²) in [4.78, 5) is 25.0. The second-order valence-electron chi connectivity index (χ2n) is 4.57. The molecule has 5 heteroatoms. The standard InChI is InChI=1S/C13H13N3O2/c14-11-6-12(17)15-13(18)16(11)7-9-5-8-3-1-2-4-10(8)9/h1-4,6,9H,5,7,14H2,(H,15,17,18). The van der Waals surface area contributed by atoms with Crippen LogP contribution >= 0.6 is 0 Å². The lowest BCUT2D eigenvalue weighted by molar-refractivity contribution is 0.496. The number of hydrogen-bond donors (Lipinski definition) is 2. The molecule has 1 aliphatic carbocycles. The van der Waals surface area contributed by atoms with Crippen LogP contribution in [-0.2, 0) is 13.0 Å². The van der Waals surface area contributed by atoms with Crippen LogP contribution in [0.1, 0.15) is 17.0 Å². The topological polar surface area (TPSA) is 80.9 Å². The lowest BCUT2D eigenvalue weighted by atomic mass is 9.77. The van der Waals surface area contributed by atoms with Crippen LogP contribution < -0.4 is 17.0 Å². The van der Waals surface area contributed by atoms with Crippen LogP contribution in [0.2, 0.25) is 0 Å². The van der Waals surface area contributed by atoms with E-state index in [1.165, 1.54) is 21.8 Å². The predicted molar refractivity (Wildman–Crippen MR) is 68.6 cm³/mol. The number of aromatic nitrogens is 2. The highest BCUT2D eigenvalue weighted by atomic mass is 16.2. The number of anilines is 1. The lowest BCUT2D eigenvalue weighted by Crippen LogP contribution is -2.34. The van der Waals surface area contributed by atoms with Crippen molar-refractivity contribution < 1.29 is 0 Å². The fourth-order valence-electron chi connectivity index (χ4n) is 2.47. The summed E-state index contributed by atoms with van der Waals surface area (Å²) in [6.45, 7) is 0.512. The average Bonchev–Trinajstić information content (AvgIpc) is 2.28. The third-order valence-electron chi connectivity index (χ3n) is 3.43. The average molecular weight is 243 g/mol. The van der Waals surface area contributed by atoms with E-state index in [9.17, 15) is 9.59 Å². The first kappa shape index (κ1) is 10.8. The van der Waals surface area contributed by atoms with Crippen LogP contribution in [0.5, 0.6) is 0 Å². The van der Waals surface area contributed by atoms with Crippen molar-refractivity contribution in [2.24, 2.45) is 0 Å². The summed E-state index contributed by atoms with van der Waals surface area (Å²) >= 11 is 0. The number of rotatable bonds is 2. The summed E-state index contributed by atoms with van der Waals surface area (Å²) in [5.41, 5.74) is 7.39. The van der Waals surface area contributed by atoms with Crippen molar-refractivity contribution in [3.8, 4) is 0 Å². The van der Waals surface area contributed by atoms with E-state index in [0.717, 1.165) is 6.42 Å². The Morgan fingerprint density at radius 1 is 1.33 bits per heavy atom. The molecule has 5 nitrogen and oxygen atoms in total. The van der Waals surface area contributed by atoms with Crippen molar-refractivity contribution >= 4 is 5.82 Å². The van der Waals surface area contributed by atoms with Gasteiger partial charge in [0.1, 0.15) is 5.82 Å². The highest BCUT2D eigenvalue weighted by Gasteiger charge is 2.26. The zero-order valence-electron chi connectivity index (χ0n) is 9.72. The molecular weight excluding hydrogens is 230 g/mol. The molecule has 0 radical (unpaired) electrons. The van der Waals surface area contributed by atoms with Gasteiger partial charge < -0.3 is 5.73 Å². The van der Waals surface area contributed by atoms with E-state index < -0.39 is 11.2 Å². The number of nitrogens with two attached hydrogens (primary N) is 1. The molecule has 3 N–H and O–H groups in total. The summed E-state index contributed by atoms with van der Waals surface area (Å²) in [7, 11) is 0. The van der Waals surface area contributed by atoms with Gasteiger partial charge in [-0.15, -0.1) is 0 Å². The molecule has 0 saturated heterocycles. The van der Waals surface area contributed by atoms with E-state index in [1.54, 1.807) is 0 Å². The first-order chi connectivity index (χ1) is 8.65. The van der Waals surface area contributed by atoms with Crippen molar-refractivity contribution in [2.75, 3.05) is 5.73 Å². The summed E-state index contributed by atoms with van der Waals surface area (Å²) in [6, 6.07) is 9.40. The van der Waals surface area contributed by atoms with E-state index in [4.69, 9.17) is 5.73 Å². The minimum absolute atomic E-state index is 0.216. The Hall–Kier alpha value is -2.30. The van der Waals surface area contributed by atoms with Gasteiger partial charge in [-0.3, -0.25) is 14.3 Å². The molecule has 0 bridgehead atoms. The number of aromatic amines is 1. The molecule has 1 atom stereocenters. The number of H-pyrrole nitrogens is 1. The van der Waals surface area contributed by atoms with Crippen LogP contribution in [0.4, 0.5) is 5.82 Å². The molecule has 0 amide bonds. The molecule has 2 aromatic rings. The number of hydrogen-bond acceptors (Lipinski definition) is 3. The molecule has 0 spiro atoms. The van der Waals surface area contributed by atoms with E-state index in [-0.39, 0.29) is 5.82 Å². The number of benzene rings is 1. The number of nitrogens with one attached hydrogen (secondary N) is 1. The van der Waals surface area contributed by atoms with E-state index in [2.05, 4.69) is 17.1 Å². The second-order valence-corrected chi connectivity index (χ2v) is 4.57. The molecule has 1 aromatic heterocycles. The minimum atomic E-state index is -0.456. The van der Waals surface area contributed by atoms with Gasteiger partial charge in [-0.05, 0) is 17.5 Å². The smallest absolute Gasteiger partial charge is 0.329 e. The summed E-state index contributed by atoms with van der Waals surface area (Å²) in [5, 5.41) is 0. The van der Waals surface area contributed by atoms with Gasteiger partial charge in [0.15, 0.2) is 0 Å². The Morgan fingerprint density at radius 3 is 2.83 bits per heavy atom. The molecule has 18 heavy (non-hydrogen) atoms. The molecule has 3 rings (SSSR count). The molecule has 1 aromatic carbocycles. The minimum Gasteiger partial charge on any atom is -0.385 e. The van der Waals surface area contributed by atoms with Gasteiger partial charge in [-0.25, -0.2) is 4.79 Å². The van der Waals surface area contributed by atoms with Gasteiger partial charge in [-0.1, -0.05) is 24.3 Å². The maximum atomic E-state index is 11.7. The zero-order valence-corrected chi connectivity index (χ0v) is 9.72. The molecular formula is C13H13N3O2.